The Morgan fingerprint density at radius 3 is 2.26 bits per heavy atom. The molecule has 0 aliphatic rings. The molecule has 1 amide bonds. The van der Waals surface area contributed by atoms with E-state index >= 15 is 0 Å². The van der Waals surface area contributed by atoms with Crippen LogP contribution in [0.25, 0.3) is 22.1 Å². The van der Waals surface area contributed by atoms with Crippen LogP contribution in [-0.4, -0.2) is 23.6 Å². The van der Waals surface area contributed by atoms with Gasteiger partial charge in [0.05, 0.1) is 12.3 Å². The summed E-state index contributed by atoms with van der Waals surface area (Å²) in [7, 11) is 0. The van der Waals surface area contributed by atoms with E-state index in [1.54, 1.807) is 0 Å². The third kappa shape index (κ3) is 6.72. The van der Waals surface area contributed by atoms with Gasteiger partial charge in [0.2, 0.25) is 0 Å². The monoisotopic (exact) mass is 561 g/mol. The van der Waals surface area contributed by atoms with E-state index in [1.165, 1.54) is 5.56 Å². The second-order valence-electron chi connectivity index (χ2n) is 10.3. The van der Waals surface area contributed by atoms with E-state index in [1.807, 2.05) is 84.9 Å². The molecule has 5 aromatic rings. The lowest BCUT2D eigenvalue weighted by molar-refractivity contribution is -0.147. The van der Waals surface area contributed by atoms with Gasteiger partial charge in [-0.25, -0.2) is 4.79 Å². The van der Waals surface area contributed by atoms with Crippen molar-refractivity contribution in [3.05, 3.63) is 120 Å². The van der Waals surface area contributed by atoms with Gasteiger partial charge in [-0.15, -0.1) is 0 Å². The summed E-state index contributed by atoms with van der Waals surface area (Å²) in [5, 5.41) is 13.2. The van der Waals surface area contributed by atoms with Crippen LogP contribution in [0.2, 0.25) is 0 Å². The maximum absolute atomic E-state index is 12.6. The topological polar surface area (TPSA) is 88.8 Å². The maximum atomic E-state index is 12.6. The molecule has 214 valence electrons. The number of benzene rings is 4. The van der Waals surface area contributed by atoms with Crippen molar-refractivity contribution in [2.75, 3.05) is 11.9 Å². The molecule has 0 saturated carbocycles. The molecular formula is C36H35NO5. The fraction of sp³-hybridized carbons (Fsp3) is 0.222. The molecule has 0 radical (unpaired) electrons. The fourth-order valence-corrected chi connectivity index (χ4v) is 5.28. The van der Waals surface area contributed by atoms with Crippen molar-refractivity contribution in [1.29, 1.82) is 0 Å². The number of carboxylic acids is 1. The van der Waals surface area contributed by atoms with Crippen LogP contribution in [0.5, 0.6) is 5.75 Å². The van der Waals surface area contributed by atoms with Crippen LogP contribution in [0, 0.1) is 0 Å². The molecule has 1 heterocycles. The number of aryl methyl sites for hydroxylation is 2. The van der Waals surface area contributed by atoms with Crippen molar-refractivity contribution >= 4 is 28.5 Å². The third-order valence-electron chi connectivity index (χ3n) is 7.40. The van der Waals surface area contributed by atoms with Gasteiger partial charge in [0.25, 0.3) is 0 Å². The van der Waals surface area contributed by atoms with Crippen LogP contribution >= 0.6 is 0 Å². The van der Waals surface area contributed by atoms with E-state index < -0.39 is 11.9 Å². The predicted octanol–water partition coefficient (Wildman–Crippen LogP) is 8.07. The van der Waals surface area contributed by atoms with E-state index in [0.29, 0.717) is 24.5 Å². The minimum atomic E-state index is -1.56. The van der Waals surface area contributed by atoms with Gasteiger partial charge in [-0.3, -0.25) is 4.79 Å². The Labute approximate surface area is 246 Å². The number of fused-ring (bicyclic) bond motifs is 1. The minimum absolute atomic E-state index is 0.371. The molecule has 1 aromatic heterocycles. The smallest absolute Gasteiger partial charge is 0.394 e. The van der Waals surface area contributed by atoms with E-state index in [-0.39, 0.29) is 0 Å². The van der Waals surface area contributed by atoms with Crippen molar-refractivity contribution in [2.24, 2.45) is 0 Å². The predicted molar refractivity (Wildman–Crippen MR) is 166 cm³/mol. The van der Waals surface area contributed by atoms with Crippen molar-refractivity contribution in [2.45, 2.75) is 45.4 Å². The molecule has 6 heteroatoms. The summed E-state index contributed by atoms with van der Waals surface area (Å²) in [5.74, 6) is -1.32. The van der Waals surface area contributed by atoms with E-state index in [4.69, 9.17) is 9.15 Å². The number of hydrogen-bond donors (Lipinski definition) is 2. The van der Waals surface area contributed by atoms with Crippen molar-refractivity contribution in [3.63, 3.8) is 0 Å². The Kier molecular flexibility index (Phi) is 9.34. The Morgan fingerprint density at radius 1 is 0.810 bits per heavy atom. The van der Waals surface area contributed by atoms with Crippen LogP contribution in [0.15, 0.2) is 101 Å². The van der Waals surface area contributed by atoms with Crippen LogP contribution in [0.4, 0.5) is 5.69 Å². The normalized spacial score (nSPS) is 11.0. The molecule has 0 fully saturated rings. The molecule has 0 aliphatic carbocycles. The number of amides is 1. The van der Waals surface area contributed by atoms with Crippen molar-refractivity contribution in [3.8, 4) is 16.9 Å². The molecule has 0 aliphatic heterocycles. The van der Waals surface area contributed by atoms with Crippen molar-refractivity contribution in [1.82, 2.24) is 0 Å². The first-order valence-electron chi connectivity index (χ1n) is 14.5. The lowest BCUT2D eigenvalue weighted by Crippen LogP contribution is -2.23. The van der Waals surface area contributed by atoms with Gasteiger partial charge in [-0.1, -0.05) is 98.3 Å². The number of nitrogens with one attached hydrogen (secondary N) is 1. The first kappa shape index (κ1) is 28.7. The van der Waals surface area contributed by atoms with Gasteiger partial charge in [-0.05, 0) is 53.6 Å². The summed E-state index contributed by atoms with van der Waals surface area (Å²) < 4.78 is 12.6. The second-order valence-corrected chi connectivity index (χ2v) is 10.3. The van der Waals surface area contributed by atoms with Gasteiger partial charge in [-0.2, -0.15) is 0 Å². The minimum Gasteiger partial charge on any atom is -0.491 e. The summed E-state index contributed by atoms with van der Waals surface area (Å²) in [6.45, 7) is 2.55. The molecule has 42 heavy (non-hydrogen) atoms. The lowest BCUT2D eigenvalue weighted by atomic mass is 9.91. The first-order valence-corrected chi connectivity index (χ1v) is 14.5. The Bertz CT molecular complexity index is 1660. The SMILES string of the molecule is CCCCc1oc2ccccc2c1Cc1c(-c2ccccc2)ccc(OCCCc2ccccc2)c1NC(=O)C(=O)O. The number of carboxylic acid groups (broad SMARTS) is 1. The lowest BCUT2D eigenvalue weighted by Gasteiger charge is -2.20. The largest absolute Gasteiger partial charge is 0.491 e. The number of anilines is 1. The van der Waals surface area contributed by atoms with Crippen LogP contribution in [-0.2, 0) is 28.9 Å². The molecule has 0 bridgehead atoms. The number of carbonyl (C=O) groups excluding carboxylic acids is 1. The molecule has 2 N–H and O–H groups in total. The zero-order valence-electron chi connectivity index (χ0n) is 23.8. The van der Waals surface area contributed by atoms with Gasteiger partial charge >= 0.3 is 11.9 Å². The summed E-state index contributed by atoms with van der Waals surface area (Å²) in [5.41, 5.74) is 6.05. The Hall–Kier alpha value is -4.84. The highest BCUT2D eigenvalue weighted by Gasteiger charge is 2.24. The average molecular weight is 562 g/mol. The van der Waals surface area contributed by atoms with Gasteiger partial charge in [0.1, 0.15) is 17.1 Å². The highest BCUT2D eigenvalue weighted by molar-refractivity contribution is 6.36. The maximum Gasteiger partial charge on any atom is 0.394 e. The Balaban J connectivity index is 1.59. The number of furan rings is 1. The highest BCUT2D eigenvalue weighted by atomic mass is 16.5. The van der Waals surface area contributed by atoms with E-state index in [9.17, 15) is 14.7 Å². The number of para-hydroxylation sites is 1. The van der Waals surface area contributed by atoms with Gasteiger partial charge < -0.3 is 19.6 Å². The highest BCUT2D eigenvalue weighted by Crippen LogP contribution is 2.40. The number of aliphatic carboxylic acids is 1. The number of carbonyl (C=O) groups is 2. The molecular weight excluding hydrogens is 526 g/mol. The number of unbranched alkanes of at least 4 members (excludes halogenated alkanes) is 1. The van der Waals surface area contributed by atoms with E-state index in [0.717, 1.165) is 71.1 Å². The first-order chi connectivity index (χ1) is 20.5. The zero-order valence-corrected chi connectivity index (χ0v) is 23.8. The number of ether oxygens (including phenoxy) is 1. The second kappa shape index (κ2) is 13.7. The summed E-state index contributed by atoms with van der Waals surface area (Å²) in [6.07, 6.45) is 4.82. The Morgan fingerprint density at radius 2 is 1.52 bits per heavy atom. The summed E-state index contributed by atoms with van der Waals surface area (Å²) >= 11 is 0. The molecule has 5 rings (SSSR count). The molecule has 0 spiro atoms. The number of hydrogen-bond acceptors (Lipinski definition) is 4. The standard InChI is InChI=1S/C36H35NO5/c1-2-3-19-32-29(28-18-10-11-20-31(28)42-32)24-30-27(26-16-8-5-9-17-26)21-22-33(34(30)37-35(38)36(39)40)41-23-12-15-25-13-6-4-7-14-25/h4-11,13-14,16-18,20-22H,2-3,12,15,19,23-24H2,1H3,(H,37,38)(H,39,40). The molecule has 0 unspecified atom stereocenters. The van der Waals surface area contributed by atoms with Gasteiger partial charge in [0, 0.05) is 23.8 Å². The van der Waals surface area contributed by atoms with Gasteiger partial charge in [0.15, 0.2) is 0 Å². The van der Waals surface area contributed by atoms with Crippen LogP contribution in [0.3, 0.4) is 0 Å². The van der Waals surface area contributed by atoms with Crippen LogP contribution < -0.4 is 10.1 Å². The molecule has 4 aromatic carbocycles. The zero-order chi connectivity index (χ0) is 29.3. The molecule has 6 nitrogen and oxygen atoms in total. The van der Waals surface area contributed by atoms with E-state index in [2.05, 4.69) is 24.4 Å². The summed E-state index contributed by atoms with van der Waals surface area (Å²) in [4.78, 5) is 24.3. The fourth-order valence-electron chi connectivity index (χ4n) is 5.28. The molecule has 0 atom stereocenters. The molecule has 0 saturated heterocycles. The van der Waals surface area contributed by atoms with Crippen LogP contribution in [0.1, 0.15) is 48.6 Å². The van der Waals surface area contributed by atoms with Crippen molar-refractivity contribution < 1.29 is 23.8 Å². The summed E-state index contributed by atoms with van der Waals surface area (Å²) in [6, 6.07) is 31.8. The third-order valence-corrected chi connectivity index (χ3v) is 7.40. The quantitative estimate of drug-likeness (QED) is 0.119. The average Bonchev–Trinajstić information content (AvgIpc) is 3.37. The number of rotatable bonds is 12.